The van der Waals surface area contributed by atoms with Gasteiger partial charge in [0, 0.05) is 15.2 Å². The van der Waals surface area contributed by atoms with Crippen LogP contribution in [-0.2, 0) is 0 Å². The van der Waals surface area contributed by atoms with Gasteiger partial charge in [-0.15, -0.1) is 0 Å². The summed E-state index contributed by atoms with van der Waals surface area (Å²) in [6.45, 7) is 3.91. The summed E-state index contributed by atoms with van der Waals surface area (Å²) in [7, 11) is 0. The van der Waals surface area contributed by atoms with E-state index >= 15 is 0 Å². The molecule has 0 atom stereocenters. The number of halogens is 2. The lowest BCUT2D eigenvalue weighted by Crippen LogP contribution is -2.11. The highest BCUT2D eigenvalue weighted by atomic mass is 127. The van der Waals surface area contributed by atoms with E-state index in [1.165, 1.54) is 0 Å². The van der Waals surface area contributed by atoms with Crippen LogP contribution in [0.2, 0.25) is 5.02 Å². The van der Waals surface area contributed by atoms with Crippen molar-refractivity contribution in [1.29, 1.82) is 0 Å². The molecule has 1 heterocycles. The van der Waals surface area contributed by atoms with Crippen molar-refractivity contribution in [1.82, 2.24) is 4.57 Å². The monoisotopic (exact) mass is 389 g/mol. The molecule has 2 rings (SSSR count). The van der Waals surface area contributed by atoms with Gasteiger partial charge in [-0.2, -0.15) is 0 Å². The molecule has 1 aromatic carbocycles. The zero-order valence-corrected chi connectivity index (χ0v) is 13.4. The van der Waals surface area contributed by atoms with Crippen LogP contribution in [0.25, 0.3) is 11.3 Å². The van der Waals surface area contributed by atoms with Gasteiger partial charge in [0.1, 0.15) is 5.69 Å². The summed E-state index contributed by atoms with van der Waals surface area (Å²) in [6, 6.07) is 9.22. The predicted octanol–water partition coefficient (Wildman–Crippen LogP) is 4.69. The van der Waals surface area contributed by atoms with Crippen LogP contribution in [0.1, 0.15) is 30.4 Å². The summed E-state index contributed by atoms with van der Waals surface area (Å²) in [5.41, 5.74) is 1.96. The molecule has 2 aromatic rings. The first kappa shape index (κ1) is 14.4. The fourth-order valence-corrected chi connectivity index (χ4v) is 3.05. The molecule has 100 valence electrons. The molecular formula is C14H13ClINO2. The van der Waals surface area contributed by atoms with Gasteiger partial charge in [0.05, 0.1) is 10.7 Å². The lowest BCUT2D eigenvalue weighted by molar-refractivity contribution is 0.0683. The Labute approximate surface area is 130 Å². The fraction of sp³-hybridized carbons (Fsp3) is 0.214. The van der Waals surface area contributed by atoms with Crippen LogP contribution in [0.4, 0.5) is 0 Å². The number of aromatic nitrogens is 1. The second kappa shape index (κ2) is 5.54. The van der Waals surface area contributed by atoms with Crippen LogP contribution in [0.5, 0.6) is 0 Å². The minimum atomic E-state index is -0.929. The lowest BCUT2D eigenvalue weighted by atomic mass is 10.1. The maximum absolute atomic E-state index is 11.3. The molecule has 0 spiro atoms. The number of carbonyl (C=O) groups is 1. The zero-order valence-electron chi connectivity index (χ0n) is 10.5. The maximum atomic E-state index is 11.3. The number of aromatic carboxylic acids is 1. The van der Waals surface area contributed by atoms with Crippen molar-refractivity contribution in [3.05, 3.63) is 44.6 Å². The van der Waals surface area contributed by atoms with E-state index < -0.39 is 5.97 Å². The molecule has 0 unspecified atom stereocenters. The van der Waals surface area contributed by atoms with E-state index in [9.17, 15) is 9.90 Å². The summed E-state index contributed by atoms with van der Waals surface area (Å²) in [6.07, 6.45) is 0. The van der Waals surface area contributed by atoms with Crippen molar-refractivity contribution >= 4 is 40.2 Å². The molecular weight excluding hydrogens is 377 g/mol. The number of benzene rings is 1. The smallest absolute Gasteiger partial charge is 0.352 e. The van der Waals surface area contributed by atoms with Crippen LogP contribution >= 0.6 is 34.2 Å². The third-order valence-corrected chi connectivity index (χ3v) is 3.84. The largest absolute Gasteiger partial charge is 0.477 e. The Bertz CT molecular complexity index is 634. The topological polar surface area (TPSA) is 42.2 Å². The highest BCUT2D eigenvalue weighted by Crippen LogP contribution is 2.32. The maximum Gasteiger partial charge on any atom is 0.352 e. The summed E-state index contributed by atoms with van der Waals surface area (Å²) < 4.78 is 2.84. The van der Waals surface area contributed by atoms with Crippen LogP contribution in [-0.4, -0.2) is 15.6 Å². The molecule has 3 nitrogen and oxygen atoms in total. The van der Waals surface area contributed by atoms with Crippen molar-refractivity contribution in [3.63, 3.8) is 0 Å². The van der Waals surface area contributed by atoms with Gasteiger partial charge in [0.15, 0.2) is 0 Å². The Balaban J connectivity index is 2.65. The quantitative estimate of drug-likeness (QED) is 0.774. The Kier molecular flexibility index (Phi) is 4.20. The lowest BCUT2D eigenvalue weighted by Gasteiger charge is -2.16. The SMILES string of the molecule is CC(C)n1c(C(=O)O)ccc1-c1ccc(I)cc1Cl. The molecule has 0 saturated heterocycles. The average Bonchev–Trinajstić information content (AvgIpc) is 2.73. The van der Waals surface area contributed by atoms with E-state index in [1.807, 2.05) is 32.0 Å². The molecule has 0 radical (unpaired) electrons. The molecule has 0 saturated carbocycles. The molecule has 1 aromatic heterocycles. The molecule has 0 fully saturated rings. The molecule has 0 amide bonds. The second-order valence-corrected chi connectivity index (χ2v) is 6.15. The predicted molar refractivity (Wildman–Crippen MR) is 84.9 cm³/mol. The second-order valence-electron chi connectivity index (χ2n) is 4.50. The Morgan fingerprint density at radius 2 is 2.00 bits per heavy atom. The first-order chi connectivity index (χ1) is 8.91. The minimum absolute atomic E-state index is 0.0476. The van der Waals surface area contributed by atoms with E-state index in [0.717, 1.165) is 14.8 Å². The summed E-state index contributed by atoms with van der Waals surface area (Å²) in [5.74, 6) is -0.929. The Morgan fingerprint density at radius 3 is 2.53 bits per heavy atom. The van der Waals surface area contributed by atoms with E-state index in [-0.39, 0.29) is 11.7 Å². The Hall–Kier alpha value is -1.01. The van der Waals surface area contributed by atoms with Gasteiger partial charge >= 0.3 is 5.97 Å². The molecule has 0 aliphatic carbocycles. The highest BCUT2D eigenvalue weighted by Gasteiger charge is 2.18. The van der Waals surface area contributed by atoms with E-state index in [4.69, 9.17) is 11.6 Å². The van der Waals surface area contributed by atoms with Crippen molar-refractivity contribution < 1.29 is 9.90 Å². The highest BCUT2D eigenvalue weighted by molar-refractivity contribution is 14.1. The van der Waals surface area contributed by atoms with E-state index in [2.05, 4.69) is 22.6 Å². The van der Waals surface area contributed by atoms with Crippen molar-refractivity contribution in [3.8, 4) is 11.3 Å². The molecule has 0 bridgehead atoms. The van der Waals surface area contributed by atoms with Gasteiger partial charge in [-0.05, 0) is 60.7 Å². The third kappa shape index (κ3) is 2.79. The molecule has 19 heavy (non-hydrogen) atoms. The van der Waals surface area contributed by atoms with Gasteiger partial charge in [-0.1, -0.05) is 17.7 Å². The van der Waals surface area contributed by atoms with Gasteiger partial charge in [-0.3, -0.25) is 0 Å². The van der Waals surface area contributed by atoms with Gasteiger partial charge in [0.2, 0.25) is 0 Å². The van der Waals surface area contributed by atoms with Crippen molar-refractivity contribution in [2.75, 3.05) is 0 Å². The van der Waals surface area contributed by atoms with Crippen LogP contribution in [0.15, 0.2) is 30.3 Å². The van der Waals surface area contributed by atoms with E-state index in [0.29, 0.717) is 5.02 Å². The number of carboxylic acids is 1. The van der Waals surface area contributed by atoms with Gasteiger partial charge in [0.25, 0.3) is 0 Å². The molecule has 0 aliphatic heterocycles. The number of hydrogen-bond donors (Lipinski definition) is 1. The minimum Gasteiger partial charge on any atom is -0.477 e. The summed E-state index contributed by atoms with van der Waals surface area (Å²) >= 11 is 8.46. The normalized spacial score (nSPS) is 11.0. The number of hydrogen-bond acceptors (Lipinski definition) is 1. The molecule has 0 aliphatic rings. The van der Waals surface area contributed by atoms with Crippen LogP contribution < -0.4 is 0 Å². The van der Waals surface area contributed by atoms with Crippen molar-refractivity contribution in [2.45, 2.75) is 19.9 Å². The first-order valence-electron chi connectivity index (χ1n) is 5.81. The summed E-state index contributed by atoms with van der Waals surface area (Å²) in [5, 5.41) is 9.86. The fourth-order valence-electron chi connectivity index (χ4n) is 2.10. The van der Waals surface area contributed by atoms with Gasteiger partial charge in [-0.25, -0.2) is 4.79 Å². The third-order valence-electron chi connectivity index (χ3n) is 2.86. The molecule has 5 heteroatoms. The zero-order chi connectivity index (χ0) is 14.2. The summed E-state index contributed by atoms with van der Waals surface area (Å²) in [4.78, 5) is 11.3. The van der Waals surface area contributed by atoms with E-state index in [1.54, 1.807) is 16.7 Å². The first-order valence-corrected chi connectivity index (χ1v) is 7.27. The average molecular weight is 390 g/mol. The number of carboxylic acid groups (broad SMARTS) is 1. The van der Waals surface area contributed by atoms with Crippen LogP contribution in [0.3, 0.4) is 0 Å². The van der Waals surface area contributed by atoms with Gasteiger partial charge < -0.3 is 9.67 Å². The number of rotatable bonds is 3. The molecule has 1 N–H and O–H groups in total. The number of nitrogens with zero attached hydrogens (tertiary/aromatic N) is 1. The van der Waals surface area contributed by atoms with Crippen molar-refractivity contribution in [2.24, 2.45) is 0 Å². The van der Waals surface area contributed by atoms with Crippen LogP contribution in [0, 0.1) is 3.57 Å². The Morgan fingerprint density at radius 1 is 1.32 bits per heavy atom. The standard InChI is InChI=1S/C14H13ClINO2/c1-8(2)17-12(5-6-13(17)14(18)19)10-4-3-9(16)7-11(10)15/h3-8H,1-2H3,(H,18,19).